The fraction of sp³-hybridized carbons (Fsp3) is 0.389. The number of imidazole rings is 1. The lowest BCUT2D eigenvalue weighted by molar-refractivity contribution is -0.127. The molecule has 3 aromatic heterocycles. The number of aromatic nitrogens is 5. The molecule has 0 aliphatic carbocycles. The van der Waals surface area contributed by atoms with E-state index in [1.807, 2.05) is 6.07 Å². The molecule has 3 N–H and O–H groups in total. The monoisotopic (exact) mass is 369 g/mol. The van der Waals surface area contributed by atoms with Crippen LogP contribution < -0.4 is 15.8 Å². The Labute approximate surface area is 157 Å². The molecule has 0 aliphatic heterocycles. The maximum Gasteiger partial charge on any atom is 0.318 e. The summed E-state index contributed by atoms with van der Waals surface area (Å²) in [5.74, 6) is 0.711. The number of nitrogens with two attached hydrogens (primary N) is 1. The van der Waals surface area contributed by atoms with Crippen molar-refractivity contribution in [2.75, 3.05) is 11.9 Å². The minimum atomic E-state index is -0.811. The Kier molecular flexibility index (Phi) is 4.93. The van der Waals surface area contributed by atoms with E-state index in [0.29, 0.717) is 11.6 Å². The van der Waals surface area contributed by atoms with E-state index in [-0.39, 0.29) is 18.7 Å². The summed E-state index contributed by atoms with van der Waals surface area (Å²) < 4.78 is 7.59. The van der Waals surface area contributed by atoms with E-state index >= 15 is 0 Å². The Morgan fingerprint density at radius 2 is 2.07 bits per heavy atom. The summed E-state index contributed by atoms with van der Waals surface area (Å²) in [6, 6.07) is 4.07. The number of fused-ring (bicyclic) bond motifs is 1. The Morgan fingerprint density at radius 1 is 1.30 bits per heavy atom. The standard InChI is InChI=1S/C18H23N7O2/c1-11(2)25-10-22-12-8-21-15(7-13(12)25)23-14-5-6-20-17(24-14)27-9-18(3,4)16(19)26/h5-8,10-11H,9H2,1-4H3,(H2,19,26)(H,20,21,23,24). The van der Waals surface area contributed by atoms with Crippen molar-refractivity contribution in [2.24, 2.45) is 11.1 Å². The lowest BCUT2D eigenvalue weighted by Gasteiger charge is -2.19. The van der Waals surface area contributed by atoms with Gasteiger partial charge in [-0.15, -0.1) is 0 Å². The molecule has 1 amide bonds. The molecule has 0 aliphatic rings. The number of nitrogens with zero attached hydrogens (tertiary/aromatic N) is 5. The van der Waals surface area contributed by atoms with Gasteiger partial charge in [-0.2, -0.15) is 4.98 Å². The topological polar surface area (TPSA) is 121 Å². The predicted octanol–water partition coefficient (Wildman–Crippen LogP) is 2.44. The molecule has 3 heterocycles. The highest BCUT2D eigenvalue weighted by Crippen LogP contribution is 2.22. The Bertz CT molecular complexity index is 965. The van der Waals surface area contributed by atoms with E-state index in [2.05, 4.69) is 43.7 Å². The van der Waals surface area contributed by atoms with Crippen LogP contribution in [0.15, 0.2) is 30.9 Å². The first-order valence-corrected chi connectivity index (χ1v) is 8.61. The number of ether oxygens (including phenoxy) is 1. The van der Waals surface area contributed by atoms with Gasteiger partial charge in [-0.1, -0.05) is 0 Å². The molecule has 0 fully saturated rings. The zero-order valence-electron chi connectivity index (χ0n) is 15.8. The SMILES string of the molecule is CC(C)n1cnc2cnc(Nc3ccnc(OCC(C)(C)C(N)=O)n3)cc21. The number of rotatable bonds is 7. The van der Waals surface area contributed by atoms with E-state index in [9.17, 15) is 4.79 Å². The van der Waals surface area contributed by atoms with Gasteiger partial charge in [0.2, 0.25) is 5.91 Å². The molecule has 0 bridgehead atoms. The van der Waals surface area contributed by atoms with Crippen LogP contribution in [0.4, 0.5) is 11.6 Å². The highest BCUT2D eigenvalue weighted by atomic mass is 16.5. The molecule has 3 rings (SSSR count). The number of hydrogen-bond acceptors (Lipinski definition) is 7. The molecule has 0 saturated carbocycles. The first kappa shape index (κ1) is 18.6. The summed E-state index contributed by atoms with van der Waals surface area (Å²) >= 11 is 0. The van der Waals surface area contributed by atoms with Gasteiger partial charge in [-0.3, -0.25) is 4.79 Å². The lowest BCUT2D eigenvalue weighted by Crippen LogP contribution is -2.36. The Morgan fingerprint density at radius 3 is 2.78 bits per heavy atom. The van der Waals surface area contributed by atoms with E-state index in [1.54, 1.807) is 38.6 Å². The molecule has 9 heteroatoms. The summed E-state index contributed by atoms with van der Waals surface area (Å²) in [6.07, 6.45) is 5.08. The van der Waals surface area contributed by atoms with Gasteiger partial charge in [0, 0.05) is 18.3 Å². The minimum Gasteiger partial charge on any atom is -0.462 e. The Hall–Kier alpha value is -3.23. The summed E-state index contributed by atoms with van der Waals surface area (Å²) in [6.45, 7) is 7.68. The van der Waals surface area contributed by atoms with E-state index in [0.717, 1.165) is 11.0 Å². The van der Waals surface area contributed by atoms with Gasteiger partial charge in [0.15, 0.2) is 0 Å². The Balaban J connectivity index is 1.77. The van der Waals surface area contributed by atoms with Crippen molar-refractivity contribution in [1.82, 2.24) is 24.5 Å². The molecular weight excluding hydrogens is 346 g/mol. The van der Waals surface area contributed by atoms with Crippen LogP contribution in [0.25, 0.3) is 11.0 Å². The number of nitrogens with one attached hydrogen (secondary N) is 1. The number of amides is 1. The van der Waals surface area contributed by atoms with Gasteiger partial charge < -0.3 is 20.4 Å². The zero-order valence-corrected chi connectivity index (χ0v) is 15.8. The van der Waals surface area contributed by atoms with Crippen molar-refractivity contribution in [3.63, 3.8) is 0 Å². The highest BCUT2D eigenvalue weighted by molar-refractivity contribution is 5.80. The molecule has 0 radical (unpaired) electrons. The molecule has 0 aromatic carbocycles. The third kappa shape index (κ3) is 4.13. The second-order valence-electron chi connectivity index (χ2n) is 7.19. The van der Waals surface area contributed by atoms with Gasteiger partial charge >= 0.3 is 6.01 Å². The average molecular weight is 369 g/mol. The van der Waals surface area contributed by atoms with Crippen molar-refractivity contribution >= 4 is 28.6 Å². The van der Waals surface area contributed by atoms with Gasteiger partial charge in [0.1, 0.15) is 23.8 Å². The number of primary amides is 1. The number of pyridine rings is 1. The fourth-order valence-electron chi connectivity index (χ4n) is 2.34. The molecule has 27 heavy (non-hydrogen) atoms. The first-order chi connectivity index (χ1) is 12.8. The molecule has 9 nitrogen and oxygen atoms in total. The normalized spacial score (nSPS) is 11.7. The molecule has 0 saturated heterocycles. The largest absolute Gasteiger partial charge is 0.462 e. The molecule has 142 valence electrons. The maximum atomic E-state index is 11.4. The van der Waals surface area contributed by atoms with Crippen molar-refractivity contribution in [2.45, 2.75) is 33.7 Å². The van der Waals surface area contributed by atoms with Crippen LogP contribution in [0.1, 0.15) is 33.7 Å². The first-order valence-electron chi connectivity index (χ1n) is 8.61. The van der Waals surface area contributed by atoms with Crippen molar-refractivity contribution in [1.29, 1.82) is 0 Å². The molecular formula is C18H23N7O2. The second-order valence-corrected chi connectivity index (χ2v) is 7.19. The third-order valence-corrected chi connectivity index (χ3v) is 4.14. The maximum absolute atomic E-state index is 11.4. The molecule has 3 aromatic rings. The lowest BCUT2D eigenvalue weighted by atomic mass is 9.94. The number of hydrogen-bond donors (Lipinski definition) is 2. The summed E-state index contributed by atoms with van der Waals surface area (Å²) in [7, 11) is 0. The van der Waals surface area contributed by atoms with Crippen LogP contribution in [0.5, 0.6) is 6.01 Å². The van der Waals surface area contributed by atoms with Gasteiger partial charge in [-0.25, -0.2) is 15.0 Å². The van der Waals surface area contributed by atoms with Crippen molar-refractivity contribution in [3.05, 3.63) is 30.9 Å². The van der Waals surface area contributed by atoms with Crippen LogP contribution >= 0.6 is 0 Å². The van der Waals surface area contributed by atoms with Crippen LogP contribution in [-0.4, -0.2) is 37.0 Å². The molecule has 0 unspecified atom stereocenters. The van der Waals surface area contributed by atoms with Crippen LogP contribution in [0.2, 0.25) is 0 Å². The minimum absolute atomic E-state index is 0.0869. The van der Waals surface area contributed by atoms with E-state index in [1.165, 1.54) is 0 Å². The third-order valence-electron chi connectivity index (χ3n) is 4.14. The van der Waals surface area contributed by atoms with Gasteiger partial charge in [0.05, 0.1) is 23.5 Å². The highest BCUT2D eigenvalue weighted by Gasteiger charge is 2.26. The number of carbonyl (C=O) groups excluding carboxylic acids is 1. The number of carbonyl (C=O) groups is 1. The average Bonchev–Trinajstić information content (AvgIpc) is 3.04. The number of anilines is 2. The summed E-state index contributed by atoms with van der Waals surface area (Å²) in [5.41, 5.74) is 6.35. The van der Waals surface area contributed by atoms with Gasteiger partial charge in [0.25, 0.3) is 0 Å². The van der Waals surface area contributed by atoms with Crippen molar-refractivity contribution < 1.29 is 9.53 Å². The molecule has 0 atom stereocenters. The van der Waals surface area contributed by atoms with Gasteiger partial charge in [-0.05, 0) is 33.8 Å². The quantitative estimate of drug-likeness (QED) is 0.656. The summed E-state index contributed by atoms with van der Waals surface area (Å²) in [4.78, 5) is 28.5. The van der Waals surface area contributed by atoms with Crippen LogP contribution in [0, 0.1) is 5.41 Å². The second kappa shape index (κ2) is 7.18. The predicted molar refractivity (Wildman–Crippen MR) is 102 cm³/mol. The smallest absolute Gasteiger partial charge is 0.318 e. The van der Waals surface area contributed by atoms with Crippen molar-refractivity contribution in [3.8, 4) is 6.01 Å². The van der Waals surface area contributed by atoms with E-state index in [4.69, 9.17) is 10.5 Å². The van der Waals surface area contributed by atoms with Crippen LogP contribution in [0.3, 0.4) is 0 Å². The zero-order chi connectivity index (χ0) is 19.6. The van der Waals surface area contributed by atoms with Crippen LogP contribution in [-0.2, 0) is 4.79 Å². The fourth-order valence-corrected chi connectivity index (χ4v) is 2.34. The molecule has 0 spiro atoms. The summed E-state index contributed by atoms with van der Waals surface area (Å²) in [5, 5.41) is 3.14. The van der Waals surface area contributed by atoms with E-state index < -0.39 is 11.3 Å².